The Kier molecular flexibility index (Phi) is 5.83. The fourth-order valence-electron chi connectivity index (χ4n) is 2.89. The highest BCUT2D eigenvalue weighted by Gasteiger charge is 2.28. The van der Waals surface area contributed by atoms with Gasteiger partial charge in [0.15, 0.2) is 5.50 Å². The summed E-state index contributed by atoms with van der Waals surface area (Å²) in [5.74, 6) is 1.00. The van der Waals surface area contributed by atoms with Crippen LogP contribution in [-0.4, -0.2) is 11.4 Å². The molecule has 1 unspecified atom stereocenters. The molecule has 0 radical (unpaired) electrons. The quantitative estimate of drug-likeness (QED) is 0.415. The minimum atomic E-state index is -0.284. The molecule has 1 atom stereocenters. The number of carbonyl (C=O) groups excluding carboxylic acids is 1. The third-order valence-corrected chi connectivity index (χ3v) is 6.11. The Morgan fingerprint density at radius 1 is 1.07 bits per heavy atom. The Hall–Kier alpha value is -2.05. The van der Waals surface area contributed by atoms with E-state index in [2.05, 4.69) is 10.6 Å². The third-order valence-electron chi connectivity index (χ3n) is 4.30. The molecule has 0 saturated carbocycles. The highest BCUT2D eigenvalue weighted by molar-refractivity contribution is 8.05. The summed E-state index contributed by atoms with van der Waals surface area (Å²) in [6, 6.07) is 14.4. The number of thioether (sulfide) groups is 1. The van der Waals surface area contributed by atoms with Gasteiger partial charge in [0.1, 0.15) is 11.5 Å². The van der Waals surface area contributed by atoms with Gasteiger partial charge in [0.25, 0.3) is 5.91 Å². The van der Waals surface area contributed by atoms with Gasteiger partial charge in [-0.2, -0.15) is 0 Å². The van der Waals surface area contributed by atoms with Gasteiger partial charge in [-0.25, -0.2) is 0 Å². The molecule has 2 heterocycles. The molecule has 2 aromatic carbocycles. The minimum Gasteiger partial charge on any atom is -0.457 e. The number of nitrogens with one attached hydrogen (secondary N) is 2. The van der Waals surface area contributed by atoms with Crippen molar-refractivity contribution in [2.75, 3.05) is 5.32 Å². The zero-order valence-corrected chi connectivity index (χ0v) is 18.2. The summed E-state index contributed by atoms with van der Waals surface area (Å²) in [5.41, 5.74) is 2.36. The number of rotatable bonds is 4. The predicted octanol–water partition coefficient (Wildman–Crippen LogP) is 6.81. The van der Waals surface area contributed by atoms with Crippen molar-refractivity contribution >= 4 is 64.2 Å². The second kappa shape index (κ2) is 8.36. The lowest BCUT2D eigenvalue weighted by Gasteiger charge is -2.14. The molecule has 1 aliphatic rings. The Morgan fingerprint density at radius 3 is 2.59 bits per heavy atom. The van der Waals surface area contributed by atoms with Crippen LogP contribution in [0.5, 0.6) is 0 Å². The van der Waals surface area contributed by atoms with Gasteiger partial charge in [-0.05, 0) is 61.0 Å². The van der Waals surface area contributed by atoms with Crippen LogP contribution in [-0.2, 0) is 4.79 Å². The average Bonchev–Trinajstić information content (AvgIpc) is 3.25. The normalized spacial score (nSPS) is 17.6. The number of halogens is 3. The third kappa shape index (κ3) is 4.59. The maximum absolute atomic E-state index is 12.3. The van der Waals surface area contributed by atoms with Crippen molar-refractivity contribution < 1.29 is 9.21 Å². The van der Waals surface area contributed by atoms with Gasteiger partial charge in [-0.1, -0.05) is 46.6 Å². The van der Waals surface area contributed by atoms with E-state index in [0.29, 0.717) is 31.5 Å². The SMILES string of the molecule is Cc1cc(Cl)ccc1NC1NC(=O)/C(=C/c2ccc(-c3ccc(Cl)cc3Cl)o2)S1. The number of benzene rings is 2. The van der Waals surface area contributed by atoms with Crippen LogP contribution >= 0.6 is 46.6 Å². The van der Waals surface area contributed by atoms with Crippen LogP contribution in [0.3, 0.4) is 0 Å². The van der Waals surface area contributed by atoms with Crippen LogP contribution in [0, 0.1) is 6.92 Å². The van der Waals surface area contributed by atoms with Crippen molar-refractivity contribution in [2.24, 2.45) is 0 Å². The second-order valence-electron chi connectivity index (χ2n) is 6.41. The molecule has 148 valence electrons. The smallest absolute Gasteiger partial charge is 0.260 e. The summed E-state index contributed by atoms with van der Waals surface area (Å²) < 4.78 is 5.85. The number of hydrogen-bond donors (Lipinski definition) is 2. The van der Waals surface area contributed by atoms with Crippen molar-refractivity contribution in [3.63, 3.8) is 0 Å². The van der Waals surface area contributed by atoms with Crippen molar-refractivity contribution in [2.45, 2.75) is 12.4 Å². The fourth-order valence-corrected chi connectivity index (χ4v) is 4.57. The highest BCUT2D eigenvalue weighted by atomic mass is 35.5. The fraction of sp³-hybridized carbons (Fsp3) is 0.0952. The second-order valence-corrected chi connectivity index (χ2v) is 8.84. The molecule has 2 N–H and O–H groups in total. The van der Waals surface area contributed by atoms with E-state index in [0.717, 1.165) is 16.8 Å². The molecule has 1 aromatic heterocycles. The van der Waals surface area contributed by atoms with Crippen LogP contribution in [0.2, 0.25) is 15.1 Å². The first kappa shape index (κ1) is 20.2. The Labute approximate surface area is 187 Å². The van der Waals surface area contributed by atoms with Crippen molar-refractivity contribution in [1.82, 2.24) is 5.32 Å². The summed E-state index contributed by atoms with van der Waals surface area (Å²) in [6.45, 7) is 1.96. The van der Waals surface area contributed by atoms with Gasteiger partial charge >= 0.3 is 0 Å². The molecule has 1 saturated heterocycles. The number of amides is 1. The van der Waals surface area contributed by atoms with Gasteiger partial charge in [-0.3, -0.25) is 4.79 Å². The molecule has 4 nitrogen and oxygen atoms in total. The molecule has 1 fully saturated rings. The lowest BCUT2D eigenvalue weighted by molar-refractivity contribution is -0.116. The van der Waals surface area contributed by atoms with E-state index >= 15 is 0 Å². The van der Waals surface area contributed by atoms with E-state index in [-0.39, 0.29) is 11.4 Å². The zero-order valence-electron chi connectivity index (χ0n) is 15.1. The first-order valence-electron chi connectivity index (χ1n) is 8.66. The summed E-state index contributed by atoms with van der Waals surface area (Å²) in [5, 5.41) is 7.93. The van der Waals surface area contributed by atoms with E-state index < -0.39 is 0 Å². The van der Waals surface area contributed by atoms with Gasteiger partial charge in [0.2, 0.25) is 0 Å². The molecular formula is C21H15Cl3N2O2S. The average molecular weight is 466 g/mol. The van der Waals surface area contributed by atoms with Crippen LogP contribution in [0.4, 0.5) is 5.69 Å². The molecule has 0 spiro atoms. The van der Waals surface area contributed by atoms with E-state index in [1.54, 1.807) is 36.4 Å². The van der Waals surface area contributed by atoms with E-state index in [9.17, 15) is 4.79 Å². The maximum atomic E-state index is 12.3. The topological polar surface area (TPSA) is 54.3 Å². The molecule has 1 aliphatic heterocycles. The zero-order chi connectivity index (χ0) is 20.5. The Balaban J connectivity index is 1.50. The van der Waals surface area contributed by atoms with E-state index in [1.807, 2.05) is 25.1 Å². The Morgan fingerprint density at radius 2 is 1.83 bits per heavy atom. The first-order chi connectivity index (χ1) is 13.9. The summed E-state index contributed by atoms with van der Waals surface area (Å²) >= 11 is 19.6. The summed E-state index contributed by atoms with van der Waals surface area (Å²) in [7, 11) is 0. The molecule has 29 heavy (non-hydrogen) atoms. The number of carbonyl (C=O) groups is 1. The molecule has 1 amide bonds. The molecule has 8 heteroatoms. The lowest BCUT2D eigenvalue weighted by atomic mass is 10.2. The van der Waals surface area contributed by atoms with Crippen LogP contribution in [0.1, 0.15) is 11.3 Å². The van der Waals surface area contributed by atoms with E-state index in [1.165, 1.54) is 11.8 Å². The monoisotopic (exact) mass is 464 g/mol. The number of furan rings is 1. The number of hydrogen-bond acceptors (Lipinski definition) is 4. The molecular weight excluding hydrogens is 451 g/mol. The largest absolute Gasteiger partial charge is 0.457 e. The molecule has 3 aromatic rings. The van der Waals surface area contributed by atoms with Crippen LogP contribution < -0.4 is 10.6 Å². The minimum absolute atomic E-state index is 0.165. The van der Waals surface area contributed by atoms with Gasteiger partial charge in [0.05, 0.1) is 9.93 Å². The molecule has 4 rings (SSSR count). The predicted molar refractivity (Wildman–Crippen MR) is 121 cm³/mol. The van der Waals surface area contributed by atoms with Gasteiger partial charge in [-0.15, -0.1) is 0 Å². The highest BCUT2D eigenvalue weighted by Crippen LogP contribution is 2.34. The summed E-state index contributed by atoms with van der Waals surface area (Å²) in [4.78, 5) is 12.9. The van der Waals surface area contributed by atoms with Crippen LogP contribution in [0.15, 0.2) is 57.9 Å². The van der Waals surface area contributed by atoms with Crippen molar-refractivity contribution in [1.29, 1.82) is 0 Å². The molecule has 0 aliphatic carbocycles. The lowest BCUT2D eigenvalue weighted by Crippen LogP contribution is -2.31. The van der Waals surface area contributed by atoms with E-state index in [4.69, 9.17) is 39.2 Å². The maximum Gasteiger partial charge on any atom is 0.260 e. The first-order valence-corrected chi connectivity index (χ1v) is 10.7. The van der Waals surface area contributed by atoms with Gasteiger partial charge < -0.3 is 15.1 Å². The standard InChI is InChI=1S/C21H15Cl3N2O2S/c1-11-8-12(22)3-6-17(11)25-21-26-20(27)19(29-21)10-14-4-7-18(28-14)15-5-2-13(23)9-16(15)24/h2-10,21,25H,1H3,(H,26,27)/b19-10-. The van der Waals surface area contributed by atoms with Crippen LogP contribution in [0.25, 0.3) is 17.4 Å². The van der Waals surface area contributed by atoms with Gasteiger partial charge in [0, 0.05) is 27.4 Å². The number of aryl methyl sites for hydroxylation is 1. The van der Waals surface area contributed by atoms with Crippen molar-refractivity contribution in [3.8, 4) is 11.3 Å². The van der Waals surface area contributed by atoms with Crippen molar-refractivity contribution in [3.05, 3.63) is 79.8 Å². The molecule has 0 bridgehead atoms. The summed E-state index contributed by atoms with van der Waals surface area (Å²) in [6.07, 6.45) is 1.71. The number of anilines is 1. The Bertz CT molecular complexity index is 1130.